The van der Waals surface area contributed by atoms with Crippen molar-refractivity contribution in [2.45, 2.75) is 24.7 Å². The molecule has 6 heteroatoms. The predicted molar refractivity (Wildman–Crippen MR) is 78.4 cm³/mol. The standard InChI is InChI=1S/C15H18N2O3S/c1-15(11-16)6-8-17(9-7-15)14(18)12-4-3-5-13(10-12)21(2,19)20/h3-5,10H,6-9H2,1-2H3. The Bertz CT molecular complexity index is 696. The van der Waals surface area contributed by atoms with E-state index >= 15 is 0 Å². The Kier molecular flexibility index (Phi) is 4.06. The second-order valence-corrected chi connectivity index (χ2v) is 7.78. The summed E-state index contributed by atoms with van der Waals surface area (Å²) in [4.78, 5) is 14.3. The average molecular weight is 306 g/mol. The summed E-state index contributed by atoms with van der Waals surface area (Å²) >= 11 is 0. The maximum absolute atomic E-state index is 12.4. The summed E-state index contributed by atoms with van der Waals surface area (Å²) in [6, 6.07) is 8.38. The molecule has 0 radical (unpaired) electrons. The van der Waals surface area contributed by atoms with Crippen LogP contribution in [0.5, 0.6) is 0 Å². The van der Waals surface area contributed by atoms with Gasteiger partial charge in [0.2, 0.25) is 0 Å². The number of nitrogens with zero attached hydrogens (tertiary/aromatic N) is 2. The van der Waals surface area contributed by atoms with Crippen molar-refractivity contribution in [3.8, 4) is 6.07 Å². The minimum Gasteiger partial charge on any atom is -0.339 e. The van der Waals surface area contributed by atoms with E-state index in [1.807, 2.05) is 6.92 Å². The first-order valence-electron chi connectivity index (χ1n) is 6.76. The molecule has 1 aliphatic heterocycles. The van der Waals surface area contributed by atoms with Crippen molar-refractivity contribution in [2.75, 3.05) is 19.3 Å². The summed E-state index contributed by atoms with van der Waals surface area (Å²) in [5.41, 5.74) is 0.00394. The molecule has 1 fully saturated rings. The Morgan fingerprint density at radius 2 is 1.95 bits per heavy atom. The lowest BCUT2D eigenvalue weighted by molar-refractivity contribution is 0.0661. The minimum atomic E-state index is -3.33. The maximum Gasteiger partial charge on any atom is 0.253 e. The van der Waals surface area contributed by atoms with Gasteiger partial charge in [0.15, 0.2) is 9.84 Å². The van der Waals surface area contributed by atoms with Gasteiger partial charge in [0.05, 0.1) is 16.4 Å². The van der Waals surface area contributed by atoms with Crippen LogP contribution in [-0.4, -0.2) is 38.6 Å². The first-order chi connectivity index (χ1) is 9.75. The summed E-state index contributed by atoms with van der Waals surface area (Å²) < 4.78 is 23.1. The number of amides is 1. The van der Waals surface area contributed by atoms with E-state index in [1.54, 1.807) is 17.0 Å². The Hall–Kier alpha value is -1.87. The topological polar surface area (TPSA) is 78.2 Å². The molecule has 112 valence electrons. The van der Waals surface area contributed by atoms with Gasteiger partial charge >= 0.3 is 0 Å². The third-order valence-corrected chi connectivity index (χ3v) is 5.04. The minimum absolute atomic E-state index is 0.146. The first-order valence-corrected chi connectivity index (χ1v) is 8.65. The van der Waals surface area contributed by atoms with Gasteiger partial charge in [-0.3, -0.25) is 4.79 Å². The van der Waals surface area contributed by atoms with Crippen LogP contribution in [0.15, 0.2) is 29.2 Å². The molecular formula is C15H18N2O3S. The third kappa shape index (κ3) is 3.42. The molecule has 1 aromatic carbocycles. The van der Waals surface area contributed by atoms with Crippen LogP contribution in [0, 0.1) is 16.7 Å². The highest BCUT2D eigenvalue weighted by molar-refractivity contribution is 7.90. The van der Waals surface area contributed by atoms with Gasteiger partial charge in [0, 0.05) is 24.9 Å². The SMILES string of the molecule is CC1(C#N)CCN(C(=O)c2cccc(S(C)(=O)=O)c2)CC1. The van der Waals surface area contributed by atoms with Crippen LogP contribution in [0.1, 0.15) is 30.1 Å². The zero-order chi connectivity index (χ0) is 15.7. The molecule has 1 heterocycles. The molecule has 1 aliphatic rings. The molecule has 2 rings (SSSR count). The average Bonchev–Trinajstić information content (AvgIpc) is 2.47. The van der Waals surface area contributed by atoms with Crippen LogP contribution in [0.2, 0.25) is 0 Å². The number of benzene rings is 1. The van der Waals surface area contributed by atoms with Crippen LogP contribution in [0.4, 0.5) is 0 Å². The number of nitriles is 1. The van der Waals surface area contributed by atoms with Crippen LogP contribution >= 0.6 is 0 Å². The van der Waals surface area contributed by atoms with Gasteiger partial charge in [-0.1, -0.05) is 6.07 Å². The van der Waals surface area contributed by atoms with Gasteiger partial charge in [-0.25, -0.2) is 8.42 Å². The van der Waals surface area contributed by atoms with Crippen molar-refractivity contribution in [1.29, 1.82) is 5.26 Å². The Balaban J connectivity index is 2.17. The number of hydrogen-bond donors (Lipinski definition) is 0. The van der Waals surface area contributed by atoms with Gasteiger partial charge in [-0.2, -0.15) is 5.26 Å². The summed E-state index contributed by atoms with van der Waals surface area (Å²) in [5.74, 6) is -0.180. The largest absolute Gasteiger partial charge is 0.339 e. The van der Waals surface area contributed by atoms with E-state index in [1.165, 1.54) is 12.1 Å². The molecule has 0 N–H and O–H groups in total. The zero-order valence-electron chi connectivity index (χ0n) is 12.2. The summed E-state index contributed by atoms with van der Waals surface area (Å²) in [7, 11) is -3.33. The van der Waals surface area contributed by atoms with E-state index in [0.717, 1.165) is 6.26 Å². The number of sulfone groups is 1. The van der Waals surface area contributed by atoms with Crippen molar-refractivity contribution in [2.24, 2.45) is 5.41 Å². The molecule has 0 unspecified atom stereocenters. The van der Waals surface area contributed by atoms with Crippen molar-refractivity contribution in [3.63, 3.8) is 0 Å². The van der Waals surface area contributed by atoms with Crippen molar-refractivity contribution < 1.29 is 13.2 Å². The lowest BCUT2D eigenvalue weighted by Crippen LogP contribution is -2.41. The van der Waals surface area contributed by atoms with Crippen LogP contribution in [0.3, 0.4) is 0 Å². The fourth-order valence-corrected chi connectivity index (χ4v) is 3.02. The van der Waals surface area contributed by atoms with Gasteiger partial charge in [-0.15, -0.1) is 0 Å². The Morgan fingerprint density at radius 3 is 2.48 bits per heavy atom. The number of hydrogen-bond acceptors (Lipinski definition) is 4. The van der Waals surface area contributed by atoms with Crippen molar-refractivity contribution >= 4 is 15.7 Å². The van der Waals surface area contributed by atoms with Gasteiger partial charge in [-0.05, 0) is 38.0 Å². The van der Waals surface area contributed by atoms with Gasteiger partial charge in [0.25, 0.3) is 5.91 Å². The number of piperidine rings is 1. The normalized spacial score (nSPS) is 18.0. The van der Waals surface area contributed by atoms with E-state index in [2.05, 4.69) is 6.07 Å². The Labute approximate surface area is 125 Å². The van der Waals surface area contributed by atoms with Crippen LogP contribution < -0.4 is 0 Å². The van der Waals surface area contributed by atoms with Crippen molar-refractivity contribution in [1.82, 2.24) is 4.90 Å². The van der Waals surface area contributed by atoms with E-state index in [4.69, 9.17) is 5.26 Å². The number of likely N-dealkylation sites (tertiary alicyclic amines) is 1. The summed E-state index contributed by atoms with van der Waals surface area (Å²) in [6.45, 7) is 2.94. The molecule has 0 saturated carbocycles. The molecule has 0 bridgehead atoms. The number of rotatable bonds is 2. The third-order valence-electron chi connectivity index (χ3n) is 3.93. The Morgan fingerprint density at radius 1 is 1.33 bits per heavy atom. The molecule has 1 amide bonds. The quantitative estimate of drug-likeness (QED) is 0.835. The molecule has 0 spiro atoms. The molecule has 0 aliphatic carbocycles. The number of carbonyl (C=O) groups excluding carboxylic acids is 1. The lowest BCUT2D eigenvalue weighted by atomic mass is 9.82. The monoisotopic (exact) mass is 306 g/mol. The highest BCUT2D eigenvalue weighted by Gasteiger charge is 2.32. The van der Waals surface area contributed by atoms with E-state index in [0.29, 0.717) is 31.5 Å². The summed E-state index contributed by atoms with van der Waals surface area (Å²) in [6.07, 6.45) is 2.40. The molecule has 21 heavy (non-hydrogen) atoms. The highest BCUT2D eigenvalue weighted by Crippen LogP contribution is 2.30. The molecular weight excluding hydrogens is 288 g/mol. The van der Waals surface area contributed by atoms with E-state index in [9.17, 15) is 13.2 Å². The molecule has 0 atom stereocenters. The van der Waals surface area contributed by atoms with Gasteiger partial charge in [0.1, 0.15) is 0 Å². The second kappa shape index (κ2) is 5.49. The zero-order valence-corrected chi connectivity index (χ0v) is 13.0. The number of carbonyl (C=O) groups is 1. The second-order valence-electron chi connectivity index (χ2n) is 5.76. The van der Waals surface area contributed by atoms with Gasteiger partial charge < -0.3 is 4.90 Å². The van der Waals surface area contributed by atoms with Crippen LogP contribution in [-0.2, 0) is 9.84 Å². The van der Waals surface area contributed by atoms with Crippen LogP contribution in [0.25, 0.3) is 0 Å². The smallest absolute Gasteiger partial charge is 0.253 e. The molecule has 1 saturated heterocycles. The lowest BCUT2D eigenvalue weighted by Gasteiger charge is -2.35. The molecule has 5 nitrogen and oxygen atoms in total. The molecule has 0 aromatic heterocycles. The molecule has 1 aromatic rings. The fourth-order valence-electron chi connectivity index (χ4n) is 2.36. The fraction of sp³-hybridized carbons (Fsp3) is 0.467. The highest BCUT2D eigenvalue weighted by atomic mass is 32.2. The first kappa shape index (κ1) is 15.5. The van der Waals surface area contributed by atoms with E-state index in [-0.39, 0.29) is 16.2 Å². The van der Waals surface area contributed by atoms with E-state index < -0.39 is 9.84 Å². The summed E-state index contributed by atoms with van der Waals surface area (Å²) in [5, 5.41) is 9.10. The van der Waals surface area contributed by atoms with Crippen molar-refractivity contribution in [3.05, 3.63) is 29.8 Å². The predicted octanol–water partition coefficient (Wildman–Crippen LogP) is 1.86. The maximum atomic E-state index is 12.4.